The van der Waals surface area contributed by atoms with E-state index < -0.39 is 5.69 Å². The van der Waals surface area contributed by atoms with Gasteiger partial charge in [0.2, 0.25) is 0 Å². The summed E-state index contributed by atoms with van der Waals surface area (Å²) in [7, 11) is 0. The zero-order valence-corrected chi connectivity index (χ0v) is 16.9. The molecule has 0 aliphatic carbocycles. The van der Waals surface area contributed by atoms with Gasteiger partial charge in [-0.25, -0.2) is 9.36 Å². The number of aromatic amines is 1. The second-order valence-electron chi connectivity index (χ2n) is 7.74. The van der Waals surface area contributed by atoms with Crippen LogP contribution in [-0.2, 0) is 0 Å². The lowest BCUT2D eigenvalue weighted by atomic mass is 10.00. The number of hydrogen-bond donors (Lipinski definition) is 1. The van der Waals surface area contributed by atoms with Crippen molar-refractivity contribution in [1.82, 2.24) is 14.5 Å². The molecule has 0 atom stereocenters. The molecule has 32 heavy (non-hydrogen) atoms. The summed E-state index contributed by atoms with van der Waals surface area (Å²) in [6, 6.07) is 26.8. The lowest BCUT2D eigenvalue weighted by Gasteiger charge is -2.11. The van der Waals surface area contributed by atoms with Gasteiger partial charge in [0, 0.05) is 28.7 Å². The minimum absolute atomic E-state index is 0.345. The summed E-state index contributed by atoms with van der Waals surface area (Å²) in [5.74, 6) is 0. The van der Waals surface area contributed by atoms with E-state index in [1.807, 2.05) is 79.0 Å². The molecule has 4 aromatic carbocycles. The zero-order valence-electron chi connectivity index (χ0n) is 16.9. The first-order chi connectivity index (χ1) is 15.7. The van der Waals surface area contributed by atoms with E-state index in [0.717, 1.165) is 32.7 Å². The Labute approximate surface area is 182 Å². The fourth-order valence-electron chi connectivity index (χ4n) is 4.35. The SMILES string of the molecule is O=c1[nH]c2cc(-c3cncc4ccccc34)ccc2c(=O)n1-c1cccc2ccccc12. The molecular weight excluding hydrogens is 398 g/mol. The number of H-pyrrole nitrogens is 1. The lowest BCUT2D eigenvalue weighted by Crippen LogP contribution is -2.33. The number of aromatic nitrogens is 3. The van der Waals surface area contributed by atoms with Crippen LogP contribution >= 0.6 is 0 Å². The van der Waals surface area contributed by atoms with Crippen molar-refractivity contribution in [1.29, 1.82) is 0 Å². The van der Waals surface area contributed by atoms with Gasteiger partial charge >= 0.3 is 5.69 Å². The van der Waals surface area contributed by atoms with Crippen LogP contribution in [0.2, 0.25) is 0 Å². The first kappa shape index (κ1) is 18.3. The highest BCUT2D eigenvalue weighted by Crippen LogP contribution is 2.29. The molecular formula is C27H17N3O2. The standard InChI is InChI=1S/C27H17N3O2/c31-26-22-13-12-18(23-16-28-15-19-7-2-3-9-20(19)23)14-24(22)29-27(32)30(26)25-11-5-8-17-6-1-4-10-21(17)25/h1-16H,(H,29,32). The topological polar surface area (TPSA) is 67.8 Å². The number of hydrogen-bond acceptors (Lipinski definition) is 3. The second kappa shape index (κ2) is 7.03. The van der Waals surface area contributed by atoms with Gasteiger partial charge in [-0.05, 0) is 34.5 Å². The van der Waals surface area contributed by atoms with Gasteiger partial charge in [-0.1, -0.05) is 66.7 Å². The average molecular weight is 415 g/mol. The Morgan fingerprint density at radius 1 is 0.688 bits per heavy atom. The van der Waals surface area contributed by atoms with E-state index in [9.17, 15) is 9.59 Å². The average Bonchev–Trinajstić information content (AvgIpc) is 2.83. The Morgan fingerprint density at radius 3 is 2.31 bits per heavy atom. The van der Waals surface area contributed by atoms with Crippen molar-refractivity contribution in [2.45, 2.75) is 0 Å². The molecule has 6 aromatic rings. The van der Waals surface area contributed by atoms with Crippen LogP contribution in [0.4, 0.5) is 0 Å². The largest absolute Gasteiger partial charge is 0.333 e. The predicted octanol–water partition coefficient (Wildman–Crippen LogP) is 5.05. The molecule has 0 saturated carbocycles. The predicted molar refractivity (Wildman–Crippen MR) is 128 cm³/mol. The van der Waals surface area contributed by atoms with Crippen LogP contribution in [0.15, 0.2) is 107 Å². The van der Waals surface area contributed by atoms with Gasteiger partial charge in [0.05, 0.1) is 16.6 Å². The van der Waals surface area contributed by atoms with Crippen molar-refractivity contribution in [2.24, 2.45) is 0 Å². The van der Waals surface area contributed by atoms with Crippen molar-refractivity contribution in [3.05, 3.63) is 118 Å². The number of fused-ring (bicyclic) bond motifs is 3. The smallest absolute Gasteiger partial charge is 0.306 e. The summed E-state index contributed by atoms with van der Waals surface area (Å²) in [5, 5.41) is 4.36. The van der Waals surface area contributed by atoms with E-state index >= 15 is 0 Å². The van der Waals surface area contributed by atoms with Crippen molar-refractivity contribution in [3.8, 4) is 16.8 Å². The molecule has 0 unspecified atom stereocenters. The molecule has 0 fully saturated rings. The molecule has 0 spiro atoms. The van der Waals surface area contributed by atoms with E-state index in [1.165, 1.54) is 4.57 Å². The number of nitrogens with one attached hydrogen (secondary N) is 1. The number of nitrogens with zero attached hydrogens (tertiary/aromatic N) is 2. The summed E-state index contributed by atoms with van der Waals surface area (Å²) in [4.78, 5) is 33.7. The molecule has 5 nitrogen and oxygen atoms in total. The van der Waals surface area contributed by atoms with Crippen LogP contribution < -0.4 is 11.2 Å². The highest BCUT2D eigenvalue weighted by atomic mass is 16.2. The lowest BCUT2D eigenvalue weighted by molar-refractivity contribution is 0.908. The molecule has 152 valence electrons. The summed E-state index contributed by atoms with van der Waals surface area (Å²) in [5.41, 5.74) is 2.10. The van der Waals surface area contributed by atoms with Crippen LogP contribution in [0.1, 0.15) is 0 Å². The van der Waals surface area contributed by atoms with Crippen LogP contribution in [0, 0.1) is 0 Å². The minimum atomic E-state index is -0.466. The number of benzene rings is 4. The fraction of sp³-hybridized carbons (Fsp3) is 0. The Balaban J connectivity index is 1.60. The zero-order chi connectivity index (χ0) is 21.7. The summed E-state index contributed by atoms with van der Waals surface area (Å²) >= 11 is 0. The highest BCUT2D eigenvalue weighted by molar-refractivity contribution is 5.97. The number of rotatable bonds is 2. The van der Waals surface area contributed by atoms with Crippen molar-refractivity contribution < 1.29 is 0 Å². The number of pyridine rings is 1. The van der Waals surface area contributed by atoms with Crippen LogP contribution in [0.5, 0.6) is 0 Å². The van der Waals surface area contributed by atoms with Gasteiger partial charge in [0.25, 0.3) is 5.56 Å². The molecule has 2 aromatic heterocycles. The first-order valence-corrected chi connectivity index (χ1v) is 10.3. The highest BCUT2D eigenvalue weighted by Gasteiger charge is 2.13. The monoisotopic (exact) mass is 415 g/mol. The maximum Gasteiger partial charge on any atom is 0.333 e. The van der Waals surface area contributed by atoms with E-state index in [1.54, 1.807) is 18.3 Å². The Morgan fingerprint density at radius 2 is 1.44 bits per heavy atom. The molecule has 0 amide bonds. The van der Waals surface area contributed by atoms with Gasteiger partial charge in [-0.15, -0.1) is 0 Å². The molecule has 1 N–H and O–H groups in total. The molecule has 0 saturated heterocycles. The van der Waals surface area contributed by atoms with Gasteiger partial charge in [-0.2, -0.15) is 0 Å². The van der Waals surface area contributed by atoms with Crippen molar-refractivity contribution in [2.75, 3.05) is 0 Å². The summed E-state index contributed by atoms with van der Waals surface area (Å²) in [6.07, 6.45) is 3.63. The van der Waals surface area contributed by atoms with E-state index in [-0.39, 0.29) is 5.56 Å². The molecule has 2 heterocycles. The fourth-order valence-corrected chi connectivity index (χ4v) is 4.35. The van der Waals surface area contributed by atoms with Gasteiger partial charge in [0.1, 0.15) is 0 Å². The molecule has 0 bridgehead atoms. The third-order valence-corrected chi connectivity index (χ3v) is 5.88. The molecule has 6 rings (SSSR count). The van der Waals surface area contributed by atoms with Crippen LogP contribution in [0.25, 0.3) is 49.3 Å². The Kier molecular flexibility index (Phi) is 4.01. The molecule has 5 heteroatoms. The van der Waals surface area contributed by atoms with E-state index in [0.29, 0.717) is 16.6 Å². The quantitative estimate of drug-likeness (QED) is 0.430. The van der Waals surface area contributed by atoms with Crippen LogP contribution in [0.3, 0.4) is 0 Å². The van der Waals surface area contributed by atoms with Crippen LogP contribution in [-0.4, -0.2) is 14.5 Å². The van der Waals surface area contributed by atoms with Gasteiger partial charge < -0.3 is 4.98 Å². The first-order valence-electron chi connectivity index (χ1n) is 10.3. The maximum atomic E-state index is 13.4. The Hall–Kier alpha value is -4.51. The van der Waals surface area contributed by atoms with Gasteiger partial charge in [-0.3, -0.25) is 9.78 Å². The van der Waals surface area contributed by atoms with E-state index in [4.69, 9.17) is 0 Å². The maximum absolute atomic E-state index is 13.4. The summed E-state index contributed by atoms with van der Waals surface area (Å²) in [6.45, 7) is 0. The third kappa shape index (κ3) is 2.76. The molecule has 0 aliphatic rings. The van der Waals surface area contributed by atoms with E-state index in [2.05, 4.69) is 9.97 Å². The Bertz CT molecular complexity index is 1770. The van der Waals surface area contributed by atoms with Crippen molar-refractivity contribution >= 4 is 32.4 Å². The second-order valence-corrected chi connectivity index (χ2v) is 7.74. The minimum Gasteiger partial charge on any atom is -0.306 e. The molecule has 0 radical (unpaired) electrons. The molecule has 0 aliphatic heterocycles. The normalized spacial score (nSPS) is 11.4. The van der Waals surface area contributed by atoms with Gasteiger partial charge in [0.15, 0.2) is 0 Å². The summed E-state index contributed by atoms with van der Waals surface area (Å²) < 4.78 is 1.21. The third-order valence-electron chi connectivity index (χ3n) is 5.88. The van der Waals surface area contributed by atoms with Crippen molar-refractivity contribution in [3.63, 3.8) is 0 Å².